The third-order valence-corrected chi connectivity index (χ3v) is 5.24. The zero-order valence-electron chi connectivity index (χ0n) is 16.7. The summed E-state index contributed by atoms with van der Waals surface area (Å²) in [4.78, 5) is 13.2. The number of ether oxygens (including phenoxy) is 2. The third kappa shape index (κ3) is 3.90. The van der Waals surface area contributed by atoms with Gasteiger partial charge in [-0.1, -0.05) is 0 Å². The van der Waals surface area contributed by atoms with Crippen molar-refractivity contribution in [3.05, 3.63) is 40.6 Å². The minimum Gasteiger partial charge on any atom is -0.508 e. The number of aliphatic hydroxyl groups is 4. The predicted octanol–water partition coefficient (Wildman–Crippen LogP) is -0.539. The summed E-state index contributed by atoms with van der Waals surface area (Å²) in [6, 6.07) is 5.36. The summed E-state index contributed by atoms with van der Waals surface area (Å²) in [7, 11) is 0. The van der Waals surface area contributed by atoms with Crippen LogP contribution in [0, 0.1) is 0 Å². The molecule has 1 aromatic heterocycles. The van der Waals surface area contributed by atoms with E-state index in [-0.39, 0.29) is 22.3 Å². The highest BCUT2D eigenvalue weighted by atomic mass is 16.7. The fourth-order valence-electron chi connectivity index (χ4n) is 3.51. The standard InChI is InChI=1S/C21H20O12/c22-6-13-15(27)17(29)18(30)21(32-13)33-20-16(28)14-11(26)4-8(23)5-12(14)31-19(20)7-1-2-9(24)10(25)3-7/h1-5,13,15,17-18,21-27,29-30H,6H2/t13-,15+,17-,18-,21-/m1/s1. The molecule has 2 heterocycles. The molecule has 176 valence electrons. The maximum Gasteiger partial charge on any atom is 0.239 e. The molecule has 0 spiro atoms. The first kappa shape index (κ1) is 22.6. The van der Waals surface area contributed by atoms with Crippen molar-refractivity contribution in [2.45, 2.75) is 30.7 Å². The summed E-state index contributed by atoms with van der Waals surface area (Å²) >= 11 is 0. The van der Waals surface area contributed by atoms with Crippen molar-refractivity contribution in [3.8, 4) is 40.1 Å². The van der Waals surface area contributed by atoms with Crippen LogP contribution in [0.15, 0.2) is 39.5 Å². The largest absolute Gasteiger partial charge is 0.508 e. The van der Waals surface area contributed by atoms with Gasteiger partial charge < -0.3 is 54.7 Å². The number of fused-ring (bicyclic) bond motifs is 1. The molecule has 0 saturated carbocycles. The predicted molar refractivity (Wildman–Crippen MR) is 109 cm³/mol. The van der Waals surface area contributed by atoms with E-state index in [1.165, 1.54) is 6.07 Å². The van der Waals surface area contributed by atoms with Crippen LogP contribution in [0.4, 0.5) is 0 Å². The number of benzene rings is 2. The van der Waals surface area contributed by atoms with Crippen LogP contribution >= 0.6 is 0 Å². The van der Waals surface area contributed by atoms with Crippen LogP contribution in [0.1, 0.15) is 0 Å². The fraction of sp³-hybridized carbons (Fsp3) is 0.286. The minimum absolute atomic E-state index is 0.0201. The Kier molecular flexibility index (Phi) is 5.78. The molecule has 1 saturated heterocycles. The summed E-state index contributed by atoms with van der Waals surface area (Å²) < 4.78 is 16.5. The Balaban J connectivity index is 1.91. The van der Waals surface area contributed by atoms with Gasteiger partial charge in [-0.05, 0) is 18.2 Å². The highest BCUT2D eigenvalue weighted by Gasteiger charge is 2.45. The van der Waals surface area contributed by atoms with E-state index in [0.29, 0.717) is 0 Å². The zero-order valence-corrected chi connectivity index (χ0v) is 16.7. The second kappa shape index (κ2) is 8.42. The highest BCUT2D eigenvalue weighted by molar-refractivity contribution is 5.88. The lowest BCUT2D eigenvalue weighted by Crippen LogP contribution is -2.60. The van der Waals surface area contributed by atoms with Crippen LogP contribution < -0.4 is 10.2 Å². The van der Waals surface area contributed by atoms with Gasteiger partial charge in [0.15, 0.2) is 17.3 Å². The van der Waals surface area contributed by atoms with Crippen molar-refractivity contribution in [3.63, 3.8) is 0 Å². The van der Waals surface area contributed by atoms with Gasteiger partial charge in [0, 0.05) is 17.7 Å². The van der Waals surface area contributed by atoms with Gasteiger partial charge in [-0.3, -0.25) is 4.79 Å². The molecule has 0 bridgehead atoms. The fourth-order valence-corrected chi connectivity index (χ4v) is 3.51. The van der Waals surface area contributed by atoms with Crippen molar-refractivity contribution in [1.29, 1.82) is 0 Å². The van der Waals surface area contributed by atoms with Crippen molar-refractivity contribution in [1.82, 2.24) is 0 Å². The summed E-state index contributed by atoms with van der Waals surface area (Å²) in [5.41, 5.74) is -1.19. The van der Waals surface area contributed by atoms with E-state index in [0.717, 1.165) is 24.3 Å². The van der Waals surface area contributed by atoms with E-state index in [1.54, 1.807) is 0 Å². The molecule has 12 nitrogen and oxygen atoms in total. The van der Waals surface area contributed by atoms with Gasteiger partial charge in [-0.2, -0.15) is 0 Å². The van der Waals surface area contributed by atoms with E-state index < -0.39 is 71.5 Å². The lowest BCUT2D eigenvalue weighted by atomic mass is 9.99. The molecule has 1 fully saturated rings. The van der Waals surface area contributed by atoms with Crippen LogP contribution in [-0.4, -0.2) is 78.2 Å². The molecule has 0 unspecified atom stereocenters. The molecule has 1 aliphatic heterocycles. The van der Waals surface area contributed by atoms with E-state index in [1.807, 2.05) is 0 Å². The van der Waals surface area contributed by atoms with Crippen LogP contribution in [0.25, 0.3) is 22.3 Å². The topological polar surface area (TPSA) is 211 Å². The third-order valence-electron chi connectivity index (χ3n) is 5.24. The number of aliphatic hydroxyl groups excluding tert-OH is 4. The van der Waals surface area contributed by atoms with E-state index in [9.17, 15) is 45.6 Å². The molecule has 33 heavy (non-hydrogen) atoms. The molecule has 1 aliphatic rings. The maximum atomic E-state index is 13.2. The van der Waals surface area contributed by atoms with Crippen LogP contribution in [0.5, 0.6) is 28.7 Å². The monoisotopic (exact) mass is 464 g/mol. The van der Waals surface area contributed by atoms with Crippen molar-refractivity contribution in [2.75, 3.05) is 6.61 Å². The quantitative estimate of drug-likeness (QED) is 0.229. The van der Waals surface area contributed by atoms with Crippen LogP contribution in [0.2, 0.25) is 0 Å². The molecule has 4 rings (SSSR count). The first-order chi connectivity index (χ1) is 15.6. The minimum atomic E-state index is -1.85. The van der Waals surface area contributed by atoms with E-state index in [4.69, 9.17) is 13.9 Å². The molecular weight excluding hydrogens is 444 g/mol. The van der Waals surface area contributed by atoms with Gasteiger partial charge in [0.25, 0.3) is 0 Å². The molecule has 2 aromatic carbocycles. The average Bonchev–Trinajstić information content (AvgIpc) is 2.76. The van der Waals surface area contributed by atoms with Crippen molar-refractivity contribution in [2.24, 2.45) is 0 Å². The van der Waals surface area contributed by atoms with Crippen molar-refractivity contribution < 1.29 is 54.7 Å². The number of aromatic hydroxyl groups is 4. The first-order valence-electron chi connectivity index (χ1n) is 9.64. The van der Waals surface area contributed by atoms with Crippen molar-refractivity contribution >= 4 is 11.0 Å². The van der Waals surface area contributed by atoms with Gasteiger partial charge in [0.1, 0.15) is 46.9 Å². The lowest BCUT2D eigenvalue weighted by Gasteiger charge is -2.39. The van der Waals surface area contributed by atoms with Gasteiger partial charge in [0.2, 0.25) is 17.5 Å². The zero-order chi connectivity index (χ0) is 24.0. The molecule has 0 radical (unpaired) electrons. The van der Waals surface area contributed by atoms with E-state index in [2.05, 4.69) is 0 Å². The highest BCUT2D eigenvalue weighted by Crippen LogP contribution is 2.39. The molecular formula is C21H20O12. The summed E-state index contributed by atoms with van der Waals surface area (Å²) in [6.45, 7) is -0.740. The van der Waals surface area contributed by atoms with Gasteiger partial charge >= 0.3 is 0 Å². The summed E-state index contributed by atoms with van der Waals surface area (Å²) in [5.74, 6) is -3.05. The van der Waals surface area contributed by atoms with Crippen LogP contribution in [0.3, 0.4) is 0 Å². The lowest BCUT2D eigenvalue weighted by molar-refractivity contribution is -0.277. The molecule has 0 amide bonds. The van der Waals surface area contributed by atoms with Crippen LogP contribution in [-0.2, 0) is 4.74 Å². The Hall–Kier alpha value is -3.55. The van der Waals surface area contributed by atoms with E-state index >= 15 is 0 Å². The summed E-state index contributed by atoms with van der Waals surface area (Å²) in [5, 5.41) is 78.7. The van der Waals surface area contributed by atoms with Gasteiger partial charge in [0.05, 0.1) is 6.61 Å². The Morgan fingerprint density at radius 1 is 0.879 bits per heavy atom. The summed E-state index contributed by atoms with van der Waals surface area (Å²) in [6.07, 6.45) is -8.40. The van der Waals surface area contributed by atoms with Gasteiger partial charge in [-0.25, -0.2) is 0 Å². The first-order valence-corrected chi connectivity index (χ1v) is 9.64. The average molecular weight is 464 g/mol. The molecule has 0 aliphatic carbocycles. The SMILES string of the molecule is O=c1c(O[C@H]2O[C@H](CO)[C@H](O)[C@@H](O)[C@H]2O)c(-c2ccc(O)c(O)c2)oc2cc(O)cc(O)c12. The Labute approximate surface area is 184 Å². The molecule has 8 N–H and O–H groups in total. The molecule has 3 aromatic rings. The normalized spacial score (nSPS) is 25.3. The Morgan fingerprint density at radius 3 is 2.27 bits per heavy atom. The maximum absolute atomic E-state index is 13.2. The number of hydrogen-bond donors (Lipinski definition) is 8. The number of hydrogen-bond acceptors (Lipinski definition) is 12. The Morgan fingerprint density at radius 2 is 1.61 bits per heavy atom. The number of phenols is 4. The number of phenolic OH excluding ortho intramolecular Hbond substituents is 4. The number of rotatable bonds is 4. The molecule has 5 atom stereocenters. The smallest absolute Gasteiger partial charge is 0.239 e. The second-order valence-corrected chi connectivity index (χ2v) is 7.45. The molecule has 12 heteroatoms. The van der Waals surface area contributed by atoms with Gasteiger partial charge in [-0.15, -0.1) is 0 Å². The second-order valence-electron chi connectivity index (χ2n) is 7.45. The Bertz CT molecular complexity index is 1250.